The Hall–Kier alpha value is -1.65. The number of nitrogens with two attached hydrogens (primary N) is 1. The van der Waals surface area contributed by atoms with Gasteiger partial charge in [-0.2, -0.15) is 0 Å². The maximum Gasteiger partial charge on any atom is 0.112 e. The van der Waals surface area contributed by atoms with E-state index in [2.05, 4.69) is 46.9 Å². The van der Waals surface area contributed by atoms with Crippen molar-refractivity contribution in [2.45, 2.75) is 32.4 Å². The monoisotopic (exact) mass is 285 g/mol. The summed E-state index contributed by atoms with van der Waals surface area (Å²) in [6.07, 6.45) is 5.95. The molecule has 0 aliphatic heterocycles. The van der Waals surface area contributed by atoms with Gasteiger partial charge in [0, 0.05) is 34.7 Å². The molecular weight excluding hydrogens is 266 g/mol. The van der Waals surface area contributed by atoms with Gasteiger partial charge in [0.25, 0.3) is 0 Å². The molecule has 3 nitrogen and oxygen atoms in total. The molecule has 0 saturated carbocycles. The number of hydrogen-bond donors (Lipinski definition) is 1. The van der Waals surface area contributed by atoms with E-state index in [0.717, 1.165) is 24.4 Å². The van der Waals surface area contributed by atoms with Gasteiger partial charge in [-0.05, 0) is 30.5 Å². The molecule has 0 spiro atoms. The molecule has 20 heavy (non-hydrogen) atoms. The molecule has 1 unspecified atom stereocenters. The normalized spacial score (nSPS) is 12.9. The van der Waals surface area contributed by atoms with Gasteiger partial charge < -0.3 is 10.3 Å². The molecule has 3 aromatic rings. The quantitative estimate of drug-likeness (QED) is 0.780. The number of rotatable bonds is 5. The Morgan fingerprint density at radius 1 is 1.35 bits per heavy atom. The first-order chi connectivity index (χ1) is 9.78. The van der Waals surface area contributed by atoms with Crippen molar-refractivity contribution >= 4 is 22.2 Å². The molecule has 0 fully saturated rings. The standard InChI is InChI=1S/C16H19N3S/c1-2-13(17)10-12-4-3-5-15-14(12)6-8-19(15)11-16-18-7-9-20-16/h3-9,13H,2,10-11,17H2,1H3. The minimum atomic E-state index is 0.239. The first-order valence-electron chi connectivity index (χ1n) is 6.98. The van der Waals surface area contributed by atoms with Crippen LogP contribution >= 0.6 is 11.3 Å². The minimum absolute atomic E-state index is 0.239. The second-order valence-corrected chi connectivity index (χ2v) is 6.07. The van der Waals surface area contributed by atoms with E-state index in [1.165, 1.54) is 16.5 Å². The lowest BCUT2D eigenvalue weighted by Gasteiger charge is -2.10. The lowest BCUT2D eigenvalue weighted by atomic mass is 10.0. The molecule has 2 N–H and O–H groups in total. The van der Waals surface area contributed by atoms with Gasteiger partial charge in [0.05, 0.1) is 6.54 Å². The average Bonchev–Trinajstić information content (AvgIpc) is 3.10. The van der Waals surface area contributed by atoms with Crippen molar-refractivity contribution in [1.29, 1.82) is 0 Å². The van der Waals surface area contributed by atoms with Gasteiger partial charge in [0.15, 0.2) is 0 Å². The maximum absolute atomic E-state index is 6.10. The predicted molar refractivity (Wildman–Crippen MR) is 85.1 cm³/mol. The summed E-state index contributed by atoms with van der Waals surface area (Å²) in [5.41, 5.74) is 8.70. The molecule has 0 saturated heterocycles. The fraction of sp³-hybridized carbons (Fsp3) is 0.312. The summed E-state index contributed by atoms with van der Waals surface area (Å²) in [6, 6.07) is 8.91. The smallest absolute Gasteiger partial charge is 0.112 e. The largest absolute Gasteiger partial charge is 0.341 e. The van der Waals surface area contributed by atoms with Crippen LogP contribution in [0.1, 0.15) is 23.9 Å². The zero-order valence-electron chi connectivity index (χ0n) is 11.6. The third-order valence-corrected chi connectivity index (χ3v) is 4.46. The third kappa shape index (κ3) is 2.62. The Labute approximate surface area is 123 Å². The van der Waals surface area contributed by atoms with Gasteiger partial charge in [-0.1, -0.05) is 19.1 Å². The van der Waals surface area contributed by atoms with Crippen LogP contribution in [0, 0.1) is 0 Å². The van der Waals surface area contributed by atoms with Gasteiger partial charge in [-0.3, -0.25) is 0 Å². The molecule has 0 bridgehead atoms. The van der Waals surface area contributed by atoms with E-state index < -0.39 is 0 Å². The summed E-state index contributed by atoms with van der Waals surface area (Å²) in [6.45, 7) is 2.98. The Morgan fingerprint density at radius 3 is 3.00 bits per heavy atom. The van der Waals surface area contributed by atoms with Crippen molar-refractivity contribution in [2.75, 3.05) is 0 Å². The molecule has 3 rings (SSSR count). The van der Waals surface area contributed by atoms with Gasteiger partial charge in [0.2, 0.25) is 0 Å². The first-order valence-corrected chi connectivity index (χ1v) is 7.86. The summed E-state index contributed by atoms with van der Waals surface area (Å²) in [5.74, 6) is 0. The summed E-state index contributed by atoms with van der Waals surface area (Å²) >= 11 is 1.70. The molecule has 1 aromatic carbocycles. The van der Waals surface area contributed by atoms with Gasteiger partial charge >= 0.3 is 0 Å². The second kappa shape index (κ2) is 5.77. The summed E-state index contributed by atoms with van der Waals surface area (Å²) in [7, 11) is 0. The number of hydrogen-bond acceptors (Lipinski definition) is 3. The molecule has 0 aliphatic rings. The Morgan fingerprint density at radius 2 is 2.25 bits per heavy atom. The average molecular weight is 285 g/mol. The number of benzene rings is 1. The van der Waals surface area contributed by atoms with E-state index in [0.29, 0.717) is 0 Å². The Bertz CT molecular complexity index is 685. The molecule has 1 atom stereocenters. The van der Waals surface area contributed by atoms with Crippen molar-refractivity contribution in [2.24, 2.45) is 5.73 Å². The summed E-state index contributed by atoms with van der Waals surface area (Å²) in [4.78, 5) is 4.36. The highest BCUT2D eigenvalue weighted by atomic mass is 32.1. The van der Waals surface area contributed by atoms with Crippen LogP contribution in [0.2, 0.25) is 0 Å². The van der Waals surface area contributed by atoms with Crippen molar-refractivity contribution in [3.63, 3.8) is 0 Å². The van der Waals surface area contributed by atoms with Crippen LogP contribution in [0.4, 0.5) is 0 Å². The van der Waals surface area contributed by atoms with Crippen molar-refractivity contribution in [3.05, 3.63) is 52.6 Å². The number of fused-ring (bicyclic) bond motifs is 1. The lowest BCUT2D eigenvalue weighted by molar-refractivity contribution is 0.649. The molecule has 4 heteroatoms. The zero-order valence-corrected chi connectivity index (χ0v) is 12.4. The van der Waals surface area contributed by atoms with E-state index in [1.807, 2.05) is 11.6 Å². The lowest BCUT2D eigenvalue weighted by Crippen LogP contribution is -2.21. The summed E-state index contributed by atoms with van der Waals surface area (Å²) in [5, 5.41) is 4.47. The molecular formula is C16H19N3S. The molecule has 0 radical (unpaired) electrons. The van der Waals surface area contributed by atoms with Crippen LogP contribution in [0.25, 0.3) is 10.9 Å². The van der Waals surface area contributed by atoms with Gasteiger partial charge in [-0.25, -0.2) is 4.98 Å². The molecule has 0 amide bonds. The molecule has 104 valence electrons. The van der Waals surface area contributed by atoms with Gasteiger partial charge in [0.1, 0.15) is 5.01 Å². The highest BCUT2D eigenvalue weighted by molar-refractivity contribution is 7.09. The number of aromatic nitrogens is 2. The fourth-order valence-electron chi connectivity index (χ4n) is 2.51. The van der Waals surface area contributed by atoms with E-state index in [1.54, 1.807) is 11.3 Å². The van der Waals surface area contributed by atoms with Crippen molar-refractivity contribution in [1.82, 2.24) is 9.55 Å². The molecule has 0 aliphatic carbocycles. The van der Waals surface area contributed by atoms with E-state index in [4.69, 9.17) is 5.73 Å². The topological polar surface area (TPSA) is 43.8 Å². The first kappa shape index (κ1) is 13.3. The van der Waals surface area contributed by atoms with Gasteiger partial charge in [-0.15, -0.1) is 11.3 Å². The fourth-order valence-corrected chi connectivity index (χ4v) is 3.12. The molecule has 2 heterocycles. The van der Waals surface area contributed by atoms with E-state index >= 15 is 0 Å². The number of thiazole rings is 1. The van der Waals surface area contributed by atoms with Crippen LogP contribution in [0.5, 0.6) is 0 Å². The number of nitrogens with zero attached hydrogens (tertiary/aromatic N) is 2. The SMILES string of the molecule is CCC(N)Cc1cccc2c1ccn2Cc1nccs1. The molecule has 2 aromatic heterocycles. The van der Waals surface area contributed by atoms with Crippen LogP contribution < -0.4 is 5.73 Å². The van der Waals surface area contributed by atoms with E-state index in [9.17, 15) is 0 Å². The van der Waals surface area contributed by atoms with Crippen LogP contribution in [-0.4, -0.2) is 15.6 Å². The van der Waals surface area contributed by atoms with Crippen molar-refractivity contribution in [3.8, 4) is 0 Å². The maximum atomic E-state index is 6.10. The third-order valence-electron chi connectivity index (χ3n) is 3.70. The second-order valence-electron chi connectivity index (χ2n) is 5.09. The highest BCUT2D eigenvalue weighted by Crippen LogP contribution is 2.23. The highest BCUT2D eigenvalue weighted by Gasteiger charge is 2.09. The predicted octanol–water partition coefficient (Wildman–Crippen LogP) is 3.43. The van der Waals surface area contributed by atoms with Crippen LogP contribution in [-0.2, 0) is 13.0 Å². The Balaban J connectivity index is 1.94. The van der Waals surface area contributed by atoms with Crippen LogP contribution in [0.15, 0.2) is 42.0 Å². The minimum Gasteiger partial charge on any atom is -0.341 e. The van der Waals surface area contributed by atoms with Crippen molar-refractivity contribution < 1.29 is 0 Å². The van der Waals surface area contributed by atoms with E-state index in [-0.39, 0.29) is 6.04 Å². The summed E-state index contributed by atoms with van der Waals surface area (Å²) < 4.78 is 2.26. The van der Waals surface area contributed by atoms with Crippen LogP contribution in [0.3, 0.4) is 0 Å². The Kier molecular flexibility index (Phi) is 3.85. The zero-order chi connectivity index (χ0) is 13.9.